The predicted molar refractivity (Wildman–Crippen MR) is 120 cm³/mol. The first-order chi connectivity index (χ1) is 14.6. The second kappa shape index (κ2) is 14.0. The first kappa shape index (κ1) is 24.1. The van der Waals surface area contributed by atoms with Crippen molar-refractivity contribution in [3.8, 4) is 0 Å². The first-order valence-corrected chi connectivity index (χ1v) is 10.7. The lowest BCUT2D eigenvalue weighted by atomic mass is 10.1. The van der Waals surface area contributed by atoms with Crippen LogP contribution >= 0.6 is 0 Å². The highest BCUT2D eigenvalue weighted by molar-refractivity contribution is 5.94. The molecule has 0 spiro atoms. The highest BCUT2D eigenvalue weighted by atomic mass is 16.5. The van der Waals surface area contributed by atoms with Gasteiger partial charge < -0.3 is 30.3 Å². The number of benzene rings is 1. The van der Waals surface area contributed by atoms with E-state index in [4.69, 9.17) is 9.47 Å². The van der Waals surface area contributed by atoms with Crippen molar-refractivity contribution < 1.29 is 14.3 Å². The van der Waals surface area contributed by atoms with E-state index in [0.717, 1.165) is 63.9 Å². The van der Waals surface area contributed by atoms with Gasteiger partial charge in [-0.1, -0.05) is 12.1 Å². The van der Waals surface area contributed by atoms with Crippen LogP contribution in [0.4, 0.5) is 0 Å². The van der Waals surface area contributed by atoms with Crippen LogP contribution in [0.1, 0.15) is 28.8 Å². The average molecular weight is 420 g/mol. The molecule has 1 aliphatic rings. The number of guanidine groups is 1. The summed E-state index contributed by atoms with van der Waals surface area (Å²) in [5, 5.41) is 9.52. The Morgan fingerprint density at radius 2 is 2.13 bits per heavy atom. The van der Waals surface area contributed by atoms with Gasteiger partial charge in [0.2, 0.25) is 0 Å². The molecule has 1 unspecified atom stereocenters. The van der Waals surface area contributed by atoms with Crippen LogP contribution in [0.3, 0.4) is 0 Å². The fourth-order valence-corrected chi connectivity index (χ4v) is 3.07. The Bertz CT molecular complexity index is 660. The van der Waals surface area contributed by atoms with Crippen LogP contribution in [0.5, 0.6) is 0 Å². The smallest absolute Gasteiger partial charge is 0.251 e. The van der Waals surface area contributed by atoms with Gasteiger partial charge in [0.05, 0.1) is 13.2 Å². The van der Waals surface area contributed by atoms with Gasteiger partial charge in [0.25, 0.3) is 5.91 Å². The number of hydrogen-bond acceptors (Lipinski definition) is 5. The van der Waals surface area contributed by atoms with Gasteiger partial charge in [-0.25, -0.2) is 0 Å². The van der Waals surface area contributed by atoms with Crippen LogP contribution in [0.2, 0.25) is 0 Å². The third-order valence-corrected chi connectivity index (χ3v) is 4.85. The summed E-state index contributed by atoms with van der Waals surface area (Å²) < 4.78 is 11.1. The van der Waals surface area contributed by atoms with E-state index in [1.165, 1.54) is 0 Å². The minimum absolute atomic E-state index is 0.0506. The highest BCUT2D eigenvalue weighted by Crippen LogP contribution is 2.12. The second-order valence-corrected chi connectivity index (χ2v) is 7.77. The number of carbonyl (C=O) groups excluding carboxylic acids is 1. The maximum absolute atomic E-state index is 12.3. The molecule has 1 fully saturated rings. The van der Waals surface area contributed by atoms with E-state index in [1.54, 1.807) is 7.05 Å². The molecule has 1 amide bonds. The van der Waals surface area contributed by atoms with Crippen molar-refractivity contribution >= 4 is 11.9 Å². The van der Waals surface area contributed by atoms with Crippen LogP contribution in [-0.2, 0) is 16.0 Å². The normalized spacial score (nSPS) is 16.7. The number of carbonyl (C=O) groups is 1. The standard InChI is InChI=1S/C22H37N5O3/c1-23-22(25-9-5-12-29-16-19-8-13-30-17-19)26-15-18-6-4-7-20(14-18)21(28)24-10-11-27(2)3/h4,6-7,14,19H,5,8-13,15-17H2,1-3H3,(H,24,28)(H2,23,25,26). The number of likely N-dealkylation sites (N-methyl/N-ethyl adjacent to an activating group) is 1. The zero-order valence-corrected chi connectivity index (χ0v) is 18.6. The third kappa shape index (κ3) is 9.56. The topological polar surface area (TPSA) is 87.2 Å². The Labute approximate surface area is 180 Å². The zero-order chi connectivity index (χ0) is 21.6. The number of amides is 1. The average Bonchev–Trinajstić information content (AvgIpc) is 3.26. The van der Waals surface area contributed by atoms with E-state index >= 15 is 0 Å². The summed E-state index contributed by atoms with van der Waals surface area (Å²) in [6.07, 6.45) is 2.02. The molecule has 0 aromatic heterocycles. The van der Waals surface area contributed by atoms with Crippen molar-refractivity contribution in [3.63, 3.8) is 0 Å². The van der Waals surface area contributed by atoms with Crippen LogP contribution in [-0.4, -0.2) is 84.0 Å². The van der Waals surface area contributed by atoms with Gasteiger partial charge in [0, 0.05) is 57.9 Å². The van der Waals surface area contributed by atoms with Gasteiger partial charge in [-0.05, 0) is 44.6 Å². The molecule has 168 valence electrons. The SMILES string of the molecule is CN=C(NCCCOCC1CCOC1)NCc1cccc(C(=O)NCCN(C)C)c1. The van der Waals surface area contributed by atoms with E-state index in [0.29, 0.717) is 24.6 Å². The largest absolute Gasteiger partial charge is 0.381 e. The molecule has 0 radical (unpaired) electrons. The molecule has 0 bridgehead atoms. The minimum atomic E-state index is -0.0506. The lowest BCUT2D eigenvalue weighted by molar-refractivity contribution is 0.0888. The van der Waals surface area contributed by atoms with Crippen molar-refractivity contribution in [1.82, 2.24) is 20.9 Å². The Hall–Kier alpha value is -2.16. The lowest BCUT2D eigenvalue weighted by Crippen LogP contribution is -2.37. The summed E-state index contributed by atoms with van der Waals surface area (Å²) >= 11 is 0. The fraction of sp³-hybridized carbons (Fsp3) is 0.636. The number of aliphatic imine (C=N–C) groups is 1. The van der Waals surface area contributed by atoms with Crippen LogP contribution in [0.25, 0.3) is 0 Å². The van der Waals surface area contributed by atoms with E-state index in [9.17, 15) is 4.79 Å². The van der Waals surface area contributed by atoms with E-state index in [-0.39, 0.29) is 5.91 Å². The molecule has 1 heterocycles. The van der Waals surface area contributed by atoms with Crippen molar-refractivity contribution in [1.29, 1.82) is 0 Å². The van der Waals surface area contributed by atoms with Crippen LogP contribution in [0.15, 0.2) is 29.3 Å². The second-order valence-electron chi connectivity index (χ2n) is 7.77. The summed E-state index contributed by atoms with van der Waals surface area (Å²) in [6.45, 7) is 6.02. The molecule has 1 aromatic carbocycles. The van der Waals surface area contributed by atoms with Gasteiger partial charge in [0.1, 0.15) is 0 Å². The molecule has 1 aliphatic heterocycles. The number of rotatable bonds is 12. The Morgan fingerprint density at radius 1 is 1.27 bits per heavy atom. The predicted octanol–water partition coefficient (Wildman–Crippen LogP) is 1.09. The van der Waals surface area contributed by atoms with Crippen LogP contribution in [0, 0.1) is 5.92 Å². The van der Waals surface area contributed by atoms with Gasteiger partial charge in [0.15, 0.2) is 5.96 Å². The van der Waals surface area contributed by atoms with Crippen molar-refractivity contribution in [2.45, 2.75) is 19.4 Å². The number of nitrogens with one attached hydrogen (secondary N) is 3. The molecule has 8 nitrogen and oxygen atoms in total. The van der Waals surface area contributed by atoms with Gasteiger partial charge in [-0.3, -0.25) is 9.79 Å². The number of hydrogen-bond donors (Lipinski definition) is 3. The molecule has 1 aromatic rings. The van der Waals surface area contributed by atoms with E-state index < -0.39 is 0 Å². The molecule has 1 saturated heterocycles. The molecule has 3 N–H and O–H groups in total. The summed E-state index contributed by atoms with van der Waals surface area (Å²) in [4.78, 5) is 18.6. The van der Waals surface area contributed by atoms with Crippen molar-refractivity contribution in [2.75, 3.05) is 67.2 Å². The molecular weight excluding hydrogens is 382 g/mol. The maximum Gasteiger partial charge on any atom is 0.251 e. The maximum atomic E-state index is 12.3. The highest BCUT2D eigenvalue weighted by Gasteiger charge is 2.15. The summed E-state index contributed by atoms with van der Waals surface area (Å²) in [5.74, 6) is 1.24. The first-order valence-electron chi connectivity index (χ1n) is 10.7. The molecule has 2 rings (SSSR count). The molecule has 8 heteroatoms. The minimum Gasteiger partial charge on any atom is -0.381 e. The molecule has 0 saturated carbocycles. The quantitative estimate of drug-likeness (QED) is 0.267. The van der Waals surface area contributed by atoms with Crippen molar-refractivity contribution in [3.05, 3.63) is 35.4 Å². The van der Waals surface area contributed by atoms with Gasteiger partial charge in [-0.2, -0.15) is 0 Å². The lowest BCUT2D eigenvalue weighted by Gasteiger charge is -2.13. The molecule has 1 atom stereocenters. The Balaban J connectivity index is 1.64. The third-order valence-electron chi connectivity index (χ3n) is 4.85. The number of ether oxygens (including phenoxy) is 2. The summed E-state index contributed by atoms with van der Waals surface area (Å²) in [7, 11) is 5.72. The fourth-order valence-electron chi connectivity index (χ4n) is 3.07. The molecule has 0 aliphatic carbocycles. The number of nitrogens with zero attached hydrogens (tertiary/aromatic N) is 2. The van der Waals surface area contributed by atoms with E-state index in [2.05, 4.69) is 20.9 Å². The summed E-state index contributed by atoms with van der Waals surface area (Å²) in [6, 6.07) is 7.64. The van der Waals surface area contributed by atoms with Gasteiger partial charge in [-0.15, -0.1) is 0 Å². The van der Waals surface area contributed by atoms with Gasteiger partial charge >= 0.3 is 0 Å². The van der Waals surface area contributed by atoms with E-state index in [1.807, 2.05) is 43.3 Å². The zero-order valence-electron chi connectivity index (χ0n) is 18.6. The Kier molecular flexibility index (Phi) is 11.2. The molecule has 30 heavy (non-hydrogen) atoms. The van der Waals surface area contributed by atoms with Crippen molar-refractivity contribution in [2.24, 2.45) is 10.9 Å². The summed E-state index contributed by atoms with van der Waals surface area (Å²) in [5.41, 5.74) is 1.70. The molecular formula is C22H37N5O3. The van der Waals surface area contributed by atoms with Crippen LogP contribution < -0.4 is 16.0 Å². The Morgan fingerprint density at radius 3 is 2.87 bits per heavy atom. The monoisotopic (exact) mass is 419 g/mol.